The van der Waals surface area contributed by atoms with Crippen LogP contribution in [0.25, 0.3) is 0 Å². The van der Waals surface area contributed by atoms with Crippen molar-refractivity contribution in [3.63, 3.8) is 0 Å². The lowest BCUT2D eigenvalue weighted by molar-refractivity contribution is -0.187. The molecular formula is C6H10O3. The molecule has 2 heterocycles. The van der Waals surface area contributed by atoms with E-state index < -0.39 is 0 Å². The molecule has 2 rings (SSSR count). The van der Waals surface area contributed by atoms with Crippen LogP contribution in [0.3, 0.4) is 0 Å². The Bertz CT molecular complexity index is 94.5. The molecule has 0 N–H and O–H groups in total. The zero-order valence-electron chi connectivity index (χ0n) is 5.21. The van der Waals surface area contributed by atoms with Crippen LogP contribution in [0.1, 0.15) is 6.42 Å². The summed E-state index contributed by atoms with van der Waals surface area (Å²) in [4.78, 5) is 0. The zero-order valence-corrected chi connectivity index (χ0v) is 5.21. The second kappa shape index (κ2) is 2.25. The van der Waals surface area contributed by atoms with E-state index in [4.69, 9.17) is 14.2 Å². The van der Waals surface area contributed by atoms with Crippen molar-refractivity contribution >= 4 is 0 Å². The number of hydrogen-bond donors (Lipinski definition) is 0. The normalized spacial score (nSPS) is 36.7. The van der Waals surface area contributed by atoms with Crippen LogP contribution in [-0.4, -0.2) is 32.2 Å². The van der Waals surface area contributed by atoms with Gasteiger partial charge in [0.15, 0.2) is 6.29 Å². The standard InChI is InChI=1S/C6H10O3/c1-2-7-6(8-3-1)5-4-9-5/h5-6H,1-4H2. The second-order valence-corrected chi connectivity index (χ2v) is 2.34. The first-order valence-corrected chi connectivity index (χ1v) is 3.31. The zero-order chi connectivity index (χ0) is 6.10. The summed E-state index contributed by atoms with van der Waals surface area (Å²) in [5.74, 6) is 0. The molecule has 9 heavy (non-hydrogen) atoms. The van der Waals surface area contributed by atoms with Gasteiger partial charge in [0.05, 0.1) is 19.8 Å². The summed E-state index contributed by atoms with van der Waals surface area (Å²) in [7, 11) is 0. The molecule has 3 heteroatoms. The number of epoxide rings is 1. The van der Waals surface area contributed by atoms with Crippen molar-refractivity contribution in [1.29, 1.82) is 0 Å². The molecule has 0 aliphatic carbocycles. The summed E-state index contributed by atoms with van der Waals surface area (Å²) in [5, 5.41) is 0. The van der Waals surface area contributed by atoms with Gasteiger partial charge in [-0.15, -0.1) is 0 Å². The van der Waals surface area contributed by atoms with Crippen molar-refractivity contribution in [2.45, 2.75) is 18.8 Å². The summed E-state index contributed by atoms with van der Waals surface area (Å²) in [6.45, 7) is 2.46. The lowest BCUT2D eigenvalue weighted by Gasteiger charge is -2.20. The van der Waals surface area contributed by atoms with Gasteiger partial charge in [0.1, 0.15) is 6.10 Å². The van der Waals surface area contributed by atoms with Crippen molar-refractivity contribution in [3.8, 4) is 0 Å². The first-order valence-electron chi connectivity index (χ1n) is 3.31. The van der Waals surface area contributed by atoms with Crippen LogP contribution in [-0.2, 0) is 14.2 Å². The Kier molecular flexibility index (Phi) is 1.41. The van der Waals surface area contributed by atoms with Crippen LogP contribution in [0.4, 0.5) is 0 Å². The Morgan fingerprint density at radius 3 is 2.22 bits per heavy atom. The van der Waals surface area contributed by atoms with Crippen LogP contribution >= 0.6 is 0 Å². The molecule has 0 aromatic heterocycles. The molecule has 2 fully saturated rings. The van der Waals surface area contributed by atoms with E-state index in [0.717, 1.165) is 26.2 Å². The van der Waals surface area contributed by atoms with Crippen molar-refractivity contribution in [2.75, 3.05) is 19.8 Å². The van der Waals surface area contributed by atoms with Crippen LogP contribution < -0.4 is 0 Å². The SMILES string of the molecule is C1COC(C2CO2)OC1. The minimum absolute atomic E-state index is 0.0567. The Hall–Kier alpha value is -0.120. The van der Waals surface area contributed by atoms with E-state index in [1.165, 1.54) is 0 Å². The van der Waals surface area contributed by atoms with Crippen LogP contribution in [0.15, 0.2) is 0 Å². The average Bonchev–Trinajstić information content (AvgIpc) is 2.71. The van der Waals surface area contributed by atoms with Gasteiger partial charge in [-0.1, -0.05) is 0 Å². The van der Waals surface area contributed by atoms with Gasteiger partial charge < -0.3 is 14.2 Å². The van der Waals surface area contributed by atoms with Crippen molar-refractivity contribution in [3.05, 3.63) is 0 Å². The molecule has 2 aliphatic heterocycles. The van der Waals surface area contributed by atoms with Gasteiger partial charge in [0, 0.05) is 0 Å². The Morgan fingerprint density at radius 1 is 1.00 bits per heavy atom. The van der Waals surface area contributed by atoms with Crippen molar-refractivity contribution < 1.29 is 14.2 Å². The minimum atomic E-state index is -0.0567. The highest BCUT2D eigenvalue weighted by Crippen LogP contribution is 2.20. The molecular weight excluding hydrogens is 120 g/mol. The molecule has 1 atom stereocenters. The quantitative estimate of drug-likeness (QED) is 0.473. The average molecular weight is 130 g/mol. The van der Waals surface area contributed by atoms with Gasteiger partial charge in [-0.05, 0) is 6.42 Å². The highest BCUT2D eigenvalue weighted by molar-refractivity contribution is 4.74. The summed E-state index contributed by atoms with van der Waals surface area (Å²) in [6.07, 6.45) is 1.20. The van der Waals surface area contributed by atoms with E-state index in [-0.39, 0.29) is 12.4 Å². The van der Waals surface area contributed by atoms with Crippen LogP contribution in [0.5, 0.6) is 0 Å². The highest BCUT2D eigenvalue weighted by atomic mass is 16.7. The van der Waals surface area contributed by atoms with E-state index in [2.05, 4.69) is 0 Å². The molecule has 52 valence electrons. The Labute approximate surface area is 53.9 Å². The van der Waals surface area contributed by atoms with Gasteiger partial charge in [-0.2, -0.15) is 0 Å². The van der Waals surface area contributed by atoms with Gasteiger partial charge in [-0.25, -0.2) is 0 Å². The minimum Gasteiger partial charge on any atom is -0.368 e. The van der Waals surface area contributed by atoms with Gasteiger partial charge in [0.2, 0.25) is 0 Å². The van der Waals surface area contributed by atoms with E-state index in [9.17, 15) is 0 Å². The van der Waals surface area contributed by atoms with E-state index in [0.29, 0.717) is 0 Å². The molecule has 0 aromatic carbocycles. The third kappa shape index (κ3) is 1.23. The molecule has 0 aromatic rings. The van der Waals surface area contributed by atoms with E-state index in [1.807, 2.05) is 0 Å². The number of rotatable bonds is 1. The summed E-state index contributed by atoms with van der Waals surface area (Å²) >= 11 is 0. The second-order valence-electron chi connectivity index (χ2n) is 2.34. The first-order chi connectivity index (χ1) is 4.47. The summed E-state index contributed by atoms with van der Waals surface area (Å²) in [6, 6.07) is 0. The lowest BCUT2D eigenvalue weighted by atomic mass is 10.4. The summed E-state index contributed by atoms with van der Waals surface area (Å²) in [5.41, 5.74) is 0. The highest BCUT2D eigenvalue weighted by Gasteiger charge is 2.35. The van der Waals surface area contributed by atoms with Crippen LogP contribution in [0.2, 0.25) is 0 Å². The maximum absolute atomic E-state index is 5.25. The topological polar surface area (TPSA) is 31.0 Å². The van der Waals surface area contributed by atoms with Crippen molar-refractivity contribution in [2.24, 2.45) is 0 Å². The maximum Gasteiger partial charge on any atom is 0.185 e. The molecule has 0 radical (unpaired) electrons. The van der Waals surface area contributed by atoms with E-state index >= 15 is 0 Å². The molecule has 2 saturated heterocycles. The Morgan fingerprint density at radius 2 is 1.67 bits per heavy atom. The fraction of sp³-hybridized carbons (Fsp3) is 1.00. The molecule has 3 nitrogen and oxygen atoms in total. The number of hydrogen-bond acceptors (Lipinski definition) is 3. The molecule has 0 amide bonds. The largest absolute Gasteiger partial charge is 0.368 e. The van der Waals surface area contributed by atoms with Gasteiger partial charge in [0.25, 0.3) is 0 Å². The van der Waals surface area contributed by atoms with Crippen LogP contribution in [0, 0.1) is 0 Å². The monoisotopic (exact) mass is 130 g/mol. The summed E-state index contributed by atoms with van der Waals surface area (Å²) < 4.78 is 15.5. The molecule has 1 unspecified atom stereocenters. The van der Waals surface area contributed by atoms with Gasteiger partial charge in [-0.3, -0.25) is 0 Å². The van der Waals surface area contributed by atoms with E-state index in [1.54, 1.807) is 0 Å². The number of ether oxygens (including phenoxy) is 3. The smallest absolute Gasteiger partial charge is 0.185 e. The molecule has 0 bridgehead atoms. The van der Waals surface area contributed by atoms with Gasteiger partial charge >= 0.3 is 0 Å². The third-order valence-electron chi connectivity index (χ3n) is 1.52. The van der Waals surface area contributed by atoms with Crippen molar-refractivity contribution in [1.82, 2.24) is 0 Å². The maximum atomic E-state index is 5.25. The fourth-order valence-corrected chi connectivity index (χ4v) is 0.933. The predicted molar refractivity (Wildman–Crippen MR) is 30.0 cm³/mol. The first kappa shape index (κ1) is 5.65. The molecule has 0 spiro atoms. The Balaban J connectivity index is 1.80. The molecule has 0 saturated carbocycles. The molecule has 2 aliphatic rings. The lowest BCUT2D eigenvalue weighted by Crippen LogP contribution is -2.29. The third-order valence-corrected chi connectivity index (χ3v) is 1.52. The predicted octanol–water partition coefficient (Wildman–Crippen LogP) is 0.148. The fourth-order valence-electron chi connectivity index (χ4n) is 0.933.